The fourth-order valence-electron chi connectivity index (χ4n) is 2.90. The van der Waals surface area contributed by atoms with Gasteiger partial charge in [0.15, 0.2) is 0 Å². The van der Waals surface area contributed by atoms with Crippen molar-refractivity contribution in [1.82, 2.24) is 0 Å². The number of guanidine groups is 1. The first-order valence-corrected chi connectivity index (χ1v) is 7.77. The maximum Gasteiger partial charge on any atom is 0.293 e. The summed E-state index contributed by atoms with van der Waals surface area (Å²) in [4.78, 5) is 13.2. The summed E-state index contributed by atoms with van der Waals surface area (Å²) in [6, 6.07) is 13.1. The lowest BCUT2D eigenvalue weighted by atomic mass is 9.99. The molecule has 1 aliphatic heterocycles. The van der Waals surface area contributed by atoms with Crippen LogP contribution in [0.4, 0.5) is 11.4 Å². The Hall–Kier alpha value is -3.42. The molecule has 1 heterocycles. The molecule has 2 aromatic rings. The van der Waals surface area contributed by atoms with Crippen molar-refractivity contribution < 1.29 is 4.92 Å². The molecule has 8 heteroatoms. The normalized spacial score (nSPS) is 13.5. The molecule has 0 aliphatic carbocycles. The maximum atomic E-state index is 11.5. The number of fused-ring (bicyclic) bond motifs is 1. The minimum atomic E-state index is -0.381. The molecule has 25 heavy (non-hydrogen) atoms. The zero-order valence-corrected chi connectivity index (χ0v) is 13.5. The van der Waals surface area contributed by atoms with E-state index < -0.39 is 0 Å². The minimum absolute atomic E-state index is 0.0352. The van der Waals surface area contributed by atoms with Crippen LogP contribution < -0.4 is 16.4 Å². The highest BCUT2D eigenvalue weighted by Crippen LogP contribution is 2.32. The summed E-state index contributed by atoms with van der Waals surface area (Å²) in [6.07, 6.45) is 2.24. The average Bonchev–Trinajstić information content (AvgIpc) is 2.61. The fraction of sp³-hybridized carbons (Fsp3) is 0.176. The van der Waals surface area contributed by atoms with E-state index in [2.05, 4.69) is 22.3 Å². The van der Waals surface area contributed by atoms with Crippen molar-refractivity contribution in [2.24, 2.45) is 21.7 Å². The standard InChI is InChI=1S/C17H18N6O2/c18-17(19)21-20-10-12-5-6-15(16(9-12)23(24)25)22-8-7-13-3-1-2-4-14(13)11-22/h1-6,9-10H,7-8,11H2,(H4,18,19,21). The molecule has 2 aromatic carbocycles. The Kier molecular flexibility index (Phi) is 4.60. The zero-order valence-electron chi connectivity index (χ0n) is 13.5. The SMILES string of the molecule is NC(N)=NN=Cc1ccc(N2CCc3ccccc3C2)c([N+](=O)[O-])c1. The Morgan fingerprint density at radius 3 is 2.68 bits per heavy atom. The van der Waals surface area contributed by atoms with Gasteiger partial charge >= 0.3 is 0 Å². The van der Waals surface area contributed by atoms with Crippen molar-refractivity contribution in [2.45, 2.75) is 13.0 Å². The van der Waals surface area contributed by atoms with Gasteiger partial charge in [-0.25, -0.2) is 0 Å². The second-order valence-corrected chi connectivity index (χ2v) is 5.71. The molecule has 0 saturated carbocycles. The van der Waals surface area contributed by atoms with Gasteiger partial charge in [-0.1, -0.05) is 30.3 Å². The summed E-state index contributed by atoms with van der Waals surface area (Å²) in [5, 5.41) is 18.7. The van der Waals surface area contributed by atoms with Crippen LogP contribution in [-0.2, 0) is 13.0 Å². The van der Waals surface area contributed by atoms with Crippen LogP contribution in [-0.4, -0.2) is 23.6 Å². The van der Waals surface area contributed by atoms with Gasteiger partial charge in [0.2, 0.25) is 5.96 Å². The lowest BCUT2D eigenvalue weighted by Crippen LogP contribution is -2.30. The third kappa shape index (κ3) is 3.74. The summed E-state index contributed by atoms with van der Waals surface area (Å²) in [7, 11) is 0. The Morgan fingerprint density at radius 1 is 1.20 bits per heavy atom. The average molecular weight is 338 g/mol. The molecule has 4 N–H and O–H groups in total. The third-order valence-corrected chi connectivity index (χ3v) is 4.05. The molecule has 8 nitrogen and oxygen atoms in total. The predicted octanol–water partition coefficient (Wildman–Crippen LogP) is 1.76. The molecule has 0 unspecified atom stereocenters. The quantitative estimate of drug-likeness (QED) is 0.380. The van der Waals surface area contributed by atoms with Crippen LogP contribution in [0.25, 0.3) is 0 Å². The number of nitrogens with zero attached hydrogens (tertiary/aromatic N) is 4. The first kappa shape index (κ1) is 16.4. The van der Waals surface area contributed by atoms with Gasteiger partial charge in [-0.15, -0.1) is 5.10 Å². The minimum Gasteiger partial charge on any atom is -0.369 e. The number of benzene rings is 2. The maximum absolute atomic E-state index is 11.5. The highest BCUT2D eigenvalue weighted by molar-refractivity contribution is 5.84. The predicted molar refractivity (Wildman–Crippen MR) is 97.7 cm³/mol. The van der Waals surface area contributed by atoms with Crippen LogP contribution in [0.15, 0.2) is 52.7 Å². The zero-order chi connectivity index (χ0) is 17.8. The number of nitro benzene ring substituents is 1. The third-order valence-electron chi connectivity index (χ3n) is 4.05. The van der Waals surface area contributed by atoms with Crippen LogP contribution >= 0.6 is 0 Å². The van der Waals surface area contributed by atoms with Crippen LogP contribution in [0.2, 0.25) is 0 Å². The van der Waals surface area contributed by atoms with Crippen molar-refractivity contribution in [1.29, 1.82) is 0 Å². The number of nitro groups is 1. The molecule has 0 spiro atoms. The summed E-state index contributed by atoms with van der Waals surface area (Å²) in [6.45, 7) is 1.39. The number of nitrogens with two attached hydrogens (primary N) is 2. The van der Waals surface area contributed by atoms with Crippen LogP contribution in [0.1, 0.15) is 16.7 Å². The van der Waals surface area contributed by atoms with Gasteiger partial charge in [0, 0.05) is 24.7 Å². The van der Waals surface area contributed by atoms with E-state index in [1.165, 1.54) is 23.4 Å². The summed E-state index contributed by atoms with van der Waals surface area (Å²) in [5.74, 6) is -0.172. The molecule has 1 aliphatic rings. The number of rotatable bonds is 4. The molecule has 0 radical (unpaired) electrons. The highest BCUT2D eigenvalue weighted by Gasteiger charge is 2.23. The monoisotopic (exact) mass is 338 g/mol. The molecular formula is C17H18N6O2. The molecule has 0 saturated heterocycles. The Labute approximate surface area is 144 Å². The van der Waals surface area contributed by atoms with E-state index in [1.54, 1.807) is 12.1 Å². The van der Waals surface area contributed by atoms with Crippen molar-refractivity contribution in [2.75, 3.05) is 11.4 Å². The Balaban J connectivity index is 1.90. The molecule has 0 aromatic heterocycles. The van der Waals surface area contributed by atoms with Crippen LogP contribution in [0, 0.1) is 10.1 Å². The lowest BCUT2D eigenvalue weighted by molar-refractivity contribution is -0.384. The Morgan fingerprint density at radius 2 is 1.96 bits per heavy atom. The molecule has 3 rings (SSSR count). The first-order chi connectivity index (χ1) is 12.0. The number of hydrogen-bond acceptors (Lipinski definition) is 5. The Bertz CT molecular complexity index is 858. The van der Waals surface area contributed by atoms with Gasteiger partial charge in [0.1, 0.15) is 5.69 Å². The molecule has 0 fully saturated rings. The lowest BCUT2D eigenvalue weighted by Gasteiger charge is -2.30. The van der Waals surface area contributed by atoms with E-state index in [1.807, 2.05) is 17.0 Å². The topological polar surface area (TPSA) is 123 Å². The van der Waals surface area contributed by atoms with Crippen molar-refractivity contribution >= 4 is 23.5 Å². The largest absolute Gasteiger partial charge is 0.369 e. The van der Waals surface area contributed by atoms with Gasteiger partial charge < -0.3 is 16.4 Å². The van der Waals surface area contributed by atoms with E-state index in [4.69, 9.17) is 11.5 Å². The van der Waals surface area contributed by atoms with Gasteiger partial charge in [-0.3, -0.25) is 10.1 Å². The highest BCUT2D eigenvalue weighted by atomic mass is 16.6. The van der Waals surface area contributed by atoms with E-state index in [-0.39, 0.29) is 16.6 Å². The van der Waals surface area contributed by atoms with Crippen molar-refractivity contribution in [3.8, 4) is 0 Å². The molecule has 0 amide bonds. The van der Waals surface area contributed by atoms with Gasteiger partial charge in [0.05, 0.1) is 11.1 Å². The van der Waals surface area contributed by atoms with Crippen LogP contribution in [0.3, 0.4) is 0 Å². The molecule has 0 atom stereocenters. The summed E-state index contributed by atoms with van der Waals surface area (Å²) >= 11 is 0. The number of hydrogen-bond donors (Lipinski definition) is 2. The fourth-order valence-corrected chi connectivity index (χ4v) is 2.90. The van der Waals surface area contributed by atoms with Gasteiger partial charge in [-0.05, 0) is 23.6 Å². The van der Waals surface area contributed by atoms with Crippen molar-refractivity contribution in [3.63, 3.8) is 0 Å². The van der Waals surface area contributed by atoms with E-state index in [0.29, 0.717) is 17.8 Å². The van der Waals surface area contributed by atoms with E-state index in [9.17, 15) is 10.1 Å². The summed E-state index contributed by atoms with van der Waals surface area (Å²) in [5.41, 5.74) is 14.1. The van der Waals surface area contributed by atoms with E-state index >= 15 is 0 Å². The molecule has 128 valence electrons. The molecular weight excluding hydrogens is 320 g/mol. The van der Waals surface area contributed by atoms with E-state index in [0.717, 1.165) is 13.0 Å². The van der Waals surface area contributed by atoms with Gasteiger partial charge in [0.25, 0.3) is 5.69 Å². The first-order valence-electron chi connectivity index (χ1n) is 7.77. The van der Waals surface area contributed by atoms with Crippen LogP contribution in [0.5, 0.6) is 0 Å². The van der Waals surface area contributed by atoms with Gasteiger partial charge in [-0.2, -0.15) is 5.10 Å². The summed E-state index contributed by atoms with van der Waals surface area (Å²) < 4.78 is 0. The smallest absolute Gasteiger partial charge is 0.293 e. The molecule has 0 bridgehead atoms. The number of anilines is 1. The van der Waals surface area contributed by atoms with Crippen molar-refractivity contribution in [3.05, 3.63) is 69.3 Å². The second kappa shape index (κ2) is 7.00. The second-order valence-electron chi connectivity index (χ2n) is 5.71.